The summed E-state index contributed by atoms with van der Waals surface area (Å²) < 4.78 is 12.3. The normalized spacial score (nSPS) is 22.0. The maximum absolute atomic E-state index is 12.9. The van der Waals surface area contributed by atoms with Crippen LogP contribution in [0, 0.1) is 17.8 Å². The molecule has 210 valence electrons. The molecule has 5 N–H and O–H groups in total. The Morgan fingerprint density at radius 2 is 1.98 bits per heavy atom. The number of aliphatic hydroxyl groups is 2. The van der Waals surface area contributed by atoms with Crippen molar-refractivity contribution in [2.45, 2.75) is 50.8 Å². The van der Waals surface area contributed by atoms with Gasteiger partial charge in [-0.2, -0.15) is 0 Å². The van der Waals surface area contributed by atoms with E-state index in [2.05, 4.69) is 32.1 Å². The maximum Gasteiger partial charge on any atom is 0.252 e. The molecule has 2 amide bonds. The third-order valence-electron chi connectivity index (χ3n) is 6.81. The largest absolute Gasteiger partial charge is 0.497 e. The average molecular weight is 550 g/mol. The van der Waals surface area contributed by atoms with Gasteiger partial charge in [-0.15, -0.1) is 0 Å². The highest BCUT2D eigenvalue weighted by Gasteiger charge is 2.47. The fourth-order valence-electron chi connectivity index (χ4n) is 4.53. The molecule has 40 heavy (non-hydrogen) atoms. The number of imidazole rings is 1. The zero-order valence-corrected chi connectivity index (χ0v) is 22.1. The van der Waals surface area contributed by atoms with Gasteiger partial charge in [0.25, 0.3) is 5.91 Å². The van der Waals surface area contributed by atoms with E-state index in [9.17, 15) is 19.8 Å². The van der Waals surface area contributed by atoms with E-state index < -0.39 is 30.4 Å². The Kier molecular flexibility index (Phi) is 7.83. The van der Waals surface area contributed by atoms with Crippen molar-refractivity contribution in [2.75, 3.05) is 25.9 Å². The summed E-state index contributed by atoms with van der Waals surface area (Å²) in [6.07, 6.45) is -2.19. The molecule has 0 bridgehead atoms. The molecule has 1 aliphatic carbocycles. The lowest BCUT2D eigenvalue weighted by atomic mass is 10.1. The van der Waals surface area contributed by atoms with Crippen molar-refractivity contribution in [3.63, 3.8) is 0 Å². The summed E-state index contributed by atoms with van der Waals surface area (Å²) in [5.74, 6) is 6.26. The number of methoxy groups -OCH3 is 1. The number of carbonyl (C=O) groups excluding carboxylic acids is 2. The van der Waals surface area contributed by atoms with E-state index >= 15 is 0 Å². The molecular formula is C27H31N7O6. The van der Waals surface area contributed by atoms with Gasteiger partial charge < -0.3 is 35.6 Å². The van der Waals surface area contributed by atoms with E-state index in [1.165, 1.54) is 10.9 Å². The molecule has 2 aromatic heterocycles. The summed E-state index contributed by atoms with van der Waals surface area (Å²) in [6.45, 7) is 2.64. The Hall–Kier alpha value is -4.25. The van der Waals surface area contributed by atoms with E-state index in [4.69, 9.17) is 15.2 Å². The van der Waals surface area contributed by atoms with E-state index in [1.807, 2.05) is 24.3 Å². The van der Waals surface area contributed by atoms with Crippen LogP contribution in [0.2, 0.25) is 0 Å². The first-order chi connectivity index (χ1) is 19.3. The summed E-state index contributed by atoms with van der Waals surface area (Å²) >= 11 is 0. The number of nitrogens with one attached hydrogen (secondary N) is 1. The van der Waals surface area contributed by atoms with Crippen LogP contribution in [0.4, 0.5) is 5.82 Å². The summed E-state index contributed by atoms with van der Waals surface area (Å²) in [5, 5.41) is 23.6. The number of rotatable bonds is 8. The third-order valence-corrected chi connectivity index (χ3v) is 6.81. The van der Waals surface area contributed by atoms with Crippen molar-refractivity contribution in [3.05, 3.63) is 42.0 Å². The van der Waals surface area contributed by atoms with Crippen molar-refractivity contribution < 1.29 is 29.3 Å². The number of anilines is 1. The molecule has 3 heterocycles. The number of ether oxygens (including phenoxy) is 2. The van der Waals surface area contributed by atoms with Crippen LogP contribution in [0.15, 0.2) is 30.6 Å². The highest BCUT2D eigenvalue weighted by Crippen LogP contribution is 2.33. The monoisotopic (exact) mass is 549 g/mol. The SMILES string of the molecule is CCNC(=O)[C@H]1O[C@@H](n2cnc3c(N)nc(C#CCN(Cc4ccc(OC)cc4)C(=O)C4CC4)nc32)C(O)[C@@H]1O. The molecule has 13 nitrogen and oxygen atoms in total. The molecule has 1 saturated carbocycles. The summed E-state index contributed by atoms with van der Waals surface area (Å²) in [4.78, 5) is 39.8. The first kappa shape index (κ1) is 27.3. The highest BCUT2D eigenvalue weighted by molar-refractivity contribution is 5.83. The second-order valence-electron chi connectivity index (χ2n) is 9.70. The van der Waals surface area contributed by atoms with Gasteiger partial charge in [-0.1, -0.05) is 18.1 Å². The van der Waals surface area contributed by atoms with Crippen molar-refractivity contribution in [2.24, 2.45) is 5.92 Å². The van der Waals surface area contributed by atoms with Gasteiger partial charge in [-0.05, 0) is 43.4 Å². The van der Waals surface area contributed by atoms with E-state index in [-0.39, 0.29) is 41.2 Å². The number of aromatic nitrogens is 4. The number of nitrogens with two attached hydrogens (primary N) is 1. The smallest absolute Gasteiger partial charge is 0.252 e. The molecule has 1 unspecified atom stereocenters. The fraction of sp³-hybridized carbons (Fsp3) is 0.444. The van der Waals surface area contributed by atoms with E-state index in [0.29, 0.717) is 13.1 Å². The molecule has 4 atom stereocenters. The lowest BCUT2D eigenvalue weighted by Gasteiger charge is -2.20. The lowest BCUT2D eigenvalue weighted by Crippen LogP contribution is -2.42. The molecule has 1 aromatic carbocycles. The predicted octanol–water partition coefficient (Wildman–Crippen LogP) is -0.0373. The molecule has 2 aliphatic rings. The number of nitrogens with zero attached hydrogens (tertiary/aromatic N) is 5. The van der Waals surface area contributed by atoms with Gasteiger partial charge in [-0.3, -0.25) is 14.2 Å². The zero-order chi connectivity index (χ0) is 28.4. The number of hydrogen-bond donors (Lipinski definition) is 4. The highest BCUT2D eigenvalue weighted by atomic mass is 16.6. The predicted molar refractivity (Wildman–Crippen MR) is 142 cm³/mol. The second kappa shape index (κ2) is 11.5. The Morgan fingerprint density at radius 1 is 1.23 bits per heavy atom. The van der Waals surface area contributed by atoms with Crippen LogP contribution in [-0.4, -0.2) is 85.0 Å². The number of carbonyl (C=O) groups is 2. The van der Waals surface area contributed by atoms with Gasteiger partial charge in [0.15, 0.2) is 23.8 Å². The Morgan fingerprint density at radius 3 is 2.65 bits per heavy atom. The van der Waals surface area contributed by atoms with Gasteiger partial charge in [0.05, 0.1) is 20.0 Å². The minimum absolute atomic E-state index is 0.0223. The quantitative estimate of drug-likeness (QED) is 0.279. The van der Waals surface area contributed by atoms with Crippen molar-refractivity contribution in [3.8, 4) is 17.6 Å². The van der Waals surface area contributed by atoms with Crippen LogP contribution >= 0.6 is 0 Å². The Balaban J connectivity index is 1.37. The number of benzene rings is 1. The number of hydrogen-bond acceptors (Lipinski definition) is 10. The summed E-state index contributed by atoms with van der Waals surface area (Å²) in [6, 6.07) is 7.51. The molecule has 0 spiro atoms. The van der Waals surface area contributed by atoms with Gasteiger partial charge in [-0.25, -0.2) is 15.0 Å². The first-order valence-electron chi connectivity index (χ1n) is 13.0. The number of amides is 2. The summed E-state index contributed by atoms with van der Waals surface area (Å²) in [5.41, 5.74) is 7.53. The molecule has 2 fully saturated rings. The van der Waals surface area contributed by atoms with Gasteiger partial charge >= 0.3 is 0 Å². The molecular weight excluding hydrogens is 518 g/mol. The number of nitrogen functional groups attached to an aromatic ring is 1. The van der Waals surface area contributed by atoms with Gasteiger partial charge in [0.2, 0.25) is 11.7 Å². The van der Waals surface area contributed by atoms with Crippen LogP contribution in [0.1, 0.15) is 37.4 Å². The Bertz CT molecular complexity index is 1460. The number of fused-ring (bicyclic) bond motifs is 1. The standard InChI is InChI=1S/C27H31N7O6/c1-3-29-25(37)22-20(35)21(36)27(40-22)34-14-30-19-23(28)31-18(32-24(19)34)5-4-12-33(26(38)16-8-9-16)13-15-6-10-17(39-2)11-7-15/h6-7,10-11,14,16,20-22,27,35-36H,3,8-9,12-13H2,1-2H3,(H,29,37)(H2,28,31,32)/t20-,21?,22-,27+/m0/s1. The van der Waals surface area contributed by atoms with E-state index in [1.54, 1.807) is 18.9 Å². The van der Waals surface area contributed by atoms with Crippen molar-refractivity contribution in [1.82, 2.24) is 29.7 Å². The molecule has 0 radical (unpaired) electrons. The van der Waals surface area contributed by atoms with Crippen LogP contribution in [0.25, 0.3) is 11.2 Å². The van der Waals surface area contributed by atoms with Crippen LogP contribution < -0.4 is 15.8 Å². The van der Waals surface area contributed by atoms with Gasteiger partial charge in [0, 0.05) is 19.0 Å². The Labute approximate surface area is 230 Å². The van der Waals surface area contributed by atoms with Crippen molar-refractivity contribution >= 4 is 28.8 Å². The molecule has 1 aliphatic heterocycles. The van der Waals surface area contributed by atoms with Crippen LogP contribution in [0.5, 0.6) is 5.75 Å². The lowest BCUT2D eigenvalue weighted by molar-refractivity contribution is -0.137. The second-order valence-corrected chi connectivity index (χ2v) is 9.70. The molecule has 13 heteroatoms. The minimum atomic E-state index is -1.45. The third kappa shape index (κ3) is 5.55. The molecule has 3 aromatic rings. The number of aliphatic hydroxyl groups excluding tert-OH is 2. The average Bonchev–Trinajstić information content (AvgIpc) is 3.65. The molecule has 5 rings (SSSR count). The summed E-state index contributed by atoms with van der Waals surface area (Å²) in [7, 11) is 1.60. The van der Waals surface area contributed by atoms with Crippen molar-refractivity contribution in [1.29, 1.82) is 0 Å². The topological polar surface area (TPSA) is 178 Å². The van der Waals surface area contributed by atoms with Crippen LogP contribution in [0.3, 0.4) is 0 Å². The van der Waals surface area contributed by atoms with Gasteiger partial charge in [0.1, 0.15) is 23.5 Å². The zero-order valence-electron chi connectivity index (χ0n) is 22.1. The first-order valence-corrected chi connectivity index (χ1v) is 13.0. The van der Waals surface area contributed by atoms with E-state index in [0.717, 1.165) is 24.2 Å². The van der Waals surface area contributed by atoms with Crippen LogP contribution in [-0.2, 0) is 20.9 Å². The molecule has 1 saturated heterocycles. The number of likely N-dealkylation sites (N-methyl/N-ethyl adjacent to an activating group) is 1. The maximum atomic E-state index is 12.9. The fourth-order valence-corrected chi connectivity index (χ4v) is 4.53. The minimum Gasteiger partial charge on any atom is -0.497 e.